The fourth-order valence-corrected chi connectivity index (χ4v) is 5.12. The molecule has 2 fully saturated rings. The molecule has 2 rings (SSSR count). The highest BCUT2D eigenvalue weighted by molar-refractivity contribution is 8.77. The Morgan fingerprint density at radius 3 is 1.18 bits per heavy atom. The lowest BCUT2D eigenvalue weighted by molar-refractivity contribution is -0.193. The molecule has 0 unspecified atom stereocenters. The van der Waals surface area contributed by atoms with Crippen LogP contribution in [-0.4, -0.2) is 90.3 Å². The van der Waals surface area contributed by atoms with Crippen LogP contribution >= 0.6 is 21.6 Å². The van der Waals surface area contributed by atoms with Crippen molar-refractivity contribution < 1.29 is 40.1 Å². The molecule has 0 aromatic carbocycles. The molecule has 10 atom stereocenters. The molecular weight excluding hydrogens is 336 g/mol. The van der Waals surface area contributed by atoms with Crippen LogP contribution in [-0.2, 0) is 9.47 Å². The van der Waals surface area contributed by atoms with Gasteiger partial charge >= 0.3 is 0 Å². The van der Waals surface area contributed by atoms with Crippen LogP contribution in [0.15, 0.2) is 0 Å². The van der Waals surface area contributed by atoms with Gasteiger partial charge in [0.1, 0.15) is 47.5 Å². The van der Waals surface area contributed by atoms with Gasteiger partial charge in [0.2, 0.25) is 0 Å². The molecule has 130 valence electrons. The zero-order chi connectivity index (χ0) is 16.6. The molecule has 0 aromatic rings. The monoisotopic (exact) mass is 358 g/mol. The number of hydrogen-bond donors (Lipinski definition) is 6. The van der Waals surface area contributed by atoms with Crippen LogP contribution in [0.2, 0.25) is 0 Å². The average molecular weight is 358 g/mol. The highest BCUT2D eigenvalue weighted by Crippen LogP contribution is 2.41. The van der Waals surface area contributed by atoms with Crippen LogP contribution < -0.4 is 0 Å². The molecule has 0 saturated carbocycles. The van der Waals surface area contributed by atoms with E-state index >= 15 is 0 Å². The number of rotatable bonds is 3. The Hall–Kier alpha value is 0.380. The van der Waals surface area contributed by atoms with E-state index in [1.54, 1.807) is 13.8 Å². The highest BCUT2D eigenvalue weighted by Gasteiger charge is 2.45. The van der Waals surface area contributed by atoms with E-state index in [0.29, 0.717) is 0 Å². The van der Waals surface area contributed by atoms with E-state index in [1.807, 2.05) is 0 Å². The highest BCUT2D eigenvalue weighted by atomic mass is 33.1. The Morgan fingerprint density at radius 1 is 0.545 bits per heavy atom. The summed E-state index contributed by atoms with van der Waals surface area (Å²) in [6.45, 7) is 3.15. The maximum Gasteiger partial charge on any atom is 0.142 e. The summed E-state index contributed by atoms with van der Waals surface area (Å²) in [6.07, 6.45) is -8.90. The summed E-state index contributed by atoms with van der Waals surface area (Å²) in [6, 6.07) is 0. The van der Waals surface area contributed by atoms with Crippen molar-refractivity contribution in [2.24, 2.45) is 0 Å². The lowest BCUT2D eigenvalue weighted by atomic mass is 10.0. The third-order valence-corrected chi connectivity index (χ3v) is 6.60. The summed E-state index contributed by atoms with van der Waals surface area (Å²) in [4.78, 5) is 0. The summed E-state index contributed by atoms with van der Waals surface area (Å²) in [5.74, 6) is 0. The largest absolute Gasteiger partial charge is 0.388 e. The van der Waals surface area contributed by atoms with Crippen molar-refractivity contribution >= 4 is 21.6 Å². The molecule has 0 bridgehead atoms. The maximum absolute atomic E-state index is 9.91. The van der Waals surface area contributed by atoms with Crippen molar-refractivity contribution in [3.63, 3.8) is 0 Å². The van der Waals surface area contributed by atoms with Gasteiger partial charge in [0.15, 0.2) is 0 Å². The lowest BCUT2D eigenvalue weighted by Gasteiger charge is -2.41. The van der Waals surface area contributed by atoms with E-state index < -0.39 is 59.7 Å². The summed E-state index contributed by atoms with van der Waals surface area (Å²) >= 11 is 0. The Balaban J connectivity index is 1.92. The Bertz CT molecular complexity index is 341. The first kappa shape index (κ1) is 18.7. The van der Waals surface area contributed by atoms with Gasteiger partial charge in [0.05, 0.1) is 12.2 Å². The zero-order valence-corrected chi connectivity index (χ0v) is 13.7. The first-order chi connectivity index (χ1) is 10.2. The van der Waals surface area contributed by atoms with Gasteiger partial charge in [0, 0.05) is 0 Å². The Labute approximate surface area is 135 Å². The predicted octanol–water partition coefficient (Wildman–Crippen LogP) is -1.98. The molecule has 2 aliphatic heterocycles. The van der Waals surface area contributed by atoms with Crippen LogP contribution in [0.3, 0.4) is 0 Å². The van der Waals surface area contributed by atoms with E-state index in [1.165, 1.54) is 0 Å². The quantitative estimate of drug-likeness (QED) is 0.315. The summed E-state index contributed by atoms with van der Waals surface area (Å²) in [7, 11) is 2.05. The molecule has 2 heterocycles. The molecular formula is C12H22O8S2. The molecule has 10 heteroatoms. The predicted molar refractivity (Wildman–Crippen MR) is 79.9 cm³/mol. The minimum absolute atomic E-state index is 0.653. The van der Waals surface area contributed by atoms with E-state index in [4.69, 9.17) is 9.47 Å². The van der Waals surface area contributed by atoms with Crippen molar-refractivity contribution in [3.05, 3.63) is 0 Å². The topological polar surface area (TPSA) is 140 Å². The van der Waals surface area contributed by atoms with Crippen LogP contribution in [0.5, 0.6) is 0 Å². The van der Waals surface area contributed by atoms with Gasteiger partial charge in [0.25, 0.3) is 0 Å². The molecule has 2 saturated heterocycles. The lowest BCUT2D eigenvalue weighted by Crippen LogP contribution is -2.56. The number of ether oxygens (including phenoxy) is 2. The number of aliphatic hydroxyl groups excluding tert-OH is 6. The molecule has 22 heavy (non-hydrogen) atoms. The van der Waals surface area contributed by atoms with Crippen molar-refractivity contribution in [1.29, 1.82) is 0 Å². The van der Waals surface area contributed by atoms with Gasteiger partial charge in [-0.1, -0.05) is 21.6 Å². The molecule has 0 aliphatic carbocycles. The molecule has 8 nitrogen and oxygen atoms in total. The average Bonchev–Trinajstić information content (AvgIpc) is 2.49. The number of hydrogen-bond acceptors (Lipinski definition) is 10. The standard InChI is InChI=1S/C12H22O8S2/c1-3-5(13)7(15)9(17)11(19-3)21-22-12-10(18)8(16)6(14)4(2)20-12/h3-18H,1-2H3/t3-,4-,5+,6+,7+,8+,9-,10-,11+,12+/m0/s1. The third kappa shape index (κ3) is 3.72. The fraction of sp³-hybridized carbons (Fsp3) is 1.00. The van der Waals surface area contributed by atoms with E-state index in [2.05, 4.69) is 0 Å². The minimum atomic E-state index is -1.33. The van der Waals surface area contributed by atoms with Crippen molar-refractivity contribution in [2.75, 3.05) is 0 Å². The van der Waals surface area contributed by atoms with Gasteiger partial charge in [-0.25, -0.2) is 0 Å². The maximum atomic E-state index is 9.91. The van der Waals surface area contributed by atoms with Gasteiger partial charge in [-0.2, -0.15) is 0 Å². The van der Waals surface area contributed by atoms with E-state index in [0.717, 1.165) is 21.6 Å². The Morgan fingerprint density at radius 2 is 0.864 bits per heavy atom. The van der Waals surface area contributed by atoms with E-state index in [-0.39, 0.29) is 0 Å². The summed E-state index contributed by atoms with van der Waals surface area (Å²) < 4.78 is 10.8. The van der Waals surface area contributed by atoms with Crippen LogP contribution in [0, 0.1) is 0 Å². The van der Waals surface area contributed by atoms with Crippen molar-refractivity contribution in [2.45, 2.75) is 73.6 Å². The SMILES string of the molecule is C[C@@H]1O[C@H](SS[C@H]2O[C@@H](C)[C@@H](O)[C@@H](O)[C@@H]2O)[C@@H](O)[C@H](O)[C@@H]1O. The molecule has 6 N–H and O–H groups in total. The second kappa shape index (κ2) is 7.51. The molecule has 0 amide bonds. The van der Waals surface area contributed by atoms with Gasteiger partial charge in [-0.3, -0.25) is 0 Å². The smallest absolute Gasteiger partial charge is 0.142 e. The van der Waals surface area contributed by atoms with E-state index in [9.17, 15) is 30.6 Å². The third-order valence-electron chi connectivity index (χ3n) is 3.86. The minimum Gasteiger partial charge on any atom is -0.388 e. The molecule has 0 aromatic heterocycles. The first-order valence-electron chi connectivity index (χ1n) is 6.95. The first-order valence-corrected chi connectivity index (χ1v) is 9.23. The Kier molecular flexibility index (Phi) is 6.39. The molecule has 0 radical (unpaired) electrons. The normalized spacial score (nSPS) is 53.5. The van der Waals surface area contributed by atoms with Gasteiger partial charge in [-0.05, 0) is 13.8 Å². The second-order valence-corrected chi connectivity index (χ2v) is 8.02. The van der Waals surface area contributed by atoms with Gasteiger partial charge in [-0.15, -0.1) is 0 Å². The van der Waals surface area contributed by atoms with Gasteiger partial charge < -0.3 is 40.1 Å². The fourth-order valence-electron chi connectivity index (χ4n) is 2.30. The van der Waals surface area contributed by atoms with Crippen molar-refractivity contribution in [3.8, 4) is 0 Å². The second-order valence-electron chi connectivity index (χ2n) is 5.56. The van der Waals surface area contributed by atoms with Crippen LogP contribution in [0.25, 0.3) is 0 Å². The summed E-state index contributed by atoms with van der Waals surface area (Å²) in [5.41, 5.74) is -1.65. The van der Waals surface area contributed by atoms with Crippen LogP contribution in [0.1, 0.15) is 13.8 Å². The summed E-state index contributed by atoms with van der Waals surface area (Å²) in [5, 5.41) is 58.5. The zero-order valence-electron chi connectivity index (χ0n) is 12.1. The molecule has 2 aliphatic rings. The van der Waals surface area contributed by atoms with Crippen LogP contribution in [0.4, 0.5) is 0 Å². The van der Waals surface area contributed by atoms with Crippen molar-refractivity contribution in [1.82, 2.24) is 0 Å². The molecule has 0 spiro atoms. The number of aliphatic hydroxyl groups is 6.